The molecule has 0 unspecified atom stereocenters. The summed E-state index contributed by atoms with van der Waals surface area (Å²) in [6, 6.07) is 9.76. The van der Waals surface area contributed by atoms with E-state index in [1.807, 2.05) is 32.0 Å². The number of rotatable bonds is 4. The topological polar surface area (TPSA) is 90.7 Å². The zero-order chi connectivity index (χ0) is 22.0. The molecule has 8 heteroatoms. The van der Waals surface area contributed by atoms with E-state index in [1.165, 1.54) is 0 Å². The molecule has 2 aliphatic heterocycles. The average Bonchev–Trinajstić information content (AvgIpc) is 2.75. The summed E-state index contributed by atoms with van der Waals surface area (Å²) in [7, 11) is 2.06. The number of anilines is 1. The number of nitrogens with zero attached hydrogens (tertiary/aromatic N) is 4. The van der Waals surface area contributed by atoms with Gasteiger partial charge in [-0.25, -0.2) is 0 Å². The minimum Gasteiger partial charge on any atom is -0.371 e. The van der Waals surface area contributed by atoms with Crippen molar-refractivity contribution < 1.29 is 14.3 Å². The van der Waals surface area contributed by atoms with E-state index in [-0.39, 0.29) is 24.2 Å². The summed E-state index contributed by atoms with van der Waals surface area (Å²) in [5, 5.41) is 13.3. The van der Waals surface area contributed by atoms with Gasteiger partial charge in [-0.05, 0) is 45.2 Å². The highest BCUT2D eigenvalue weighted by molar-refractivity contribution is 5.95. The Bertz CT molecular complexity index is 981. The third-order valence-corrected chi connectivity index (χ3v) is 5.77. The standard InChI is InChI=1S/C23H29N5O3/c1-15-11-27(3)13-18(30-15)10-26-23(29)21-14-28(12-16(2)31-21)20-7-6-17(9-24)22-19(20)5-4-8-25-22/h4-8,15-16,18,21H,10-14H2,1-3H3,(H,26,29)/t15-,16-,18+,21-/m1/s1. The van der Waals surface area contributed by atoms with Crippen LogP contribution in [0.15, 0.2) is 30.5 Å². The molecule has 31 heavy (non-hydrogen) atoms. The van der Waals surface area contributed by atoms with Crippen LogP contribution < -0.4 is 10.2 Å². The van der Waals surface area contributed by atoms with Crippen LogP contribution in [0.3, 0.4) is 0 Å². The van der Waals surface area contributed by atoms with Gasteiger partial charge in [-0.1, -0.05) is 0 Å². The van der Waals surface area contributed by atoms with Crippen molar-refractivity contribution in [2.45, 2.75) is 38.3 Å². The zero-order valence-electron chi connectivity index (χ0n) is 18.2. The smallest absolute Gasteiger partial charge is 0.251 e. The lowest BCUT2D eigenvalue weighted by molar-refractivity contribution is -0.139. The number of hydrogen-bond acceptors (Lipinski definition) is 7. The average molecular weight is 424 g/mol. The molecule has 0 spiro atoms. The Balaban J connectivity index is 1.47. The molecule has 1 aromatic heterocycles. The highest BCUT2D eigenvalue weighted by Crippen LogP contribution is 2.30. The second kappa shape index (κ2) is 9.18. The van der Waals surface area contributed by atoms with Gasteiger partial charge in [-0.3, -0.25) is 9.78 Å². The Labute approximate surface area is 182 Å². The molecular formula is C23H29N5O3. The van der Waals surface area contributed by atoms with Gasteiger partial charge in [0.05, 0.1) is 35.9 Å². The van der Waals surface area contributed by atoms with Crippen molar-refractivity contribution in [3.8, 4) is 6.07 Å². The molecule has 164 valence electrons. The number of nitrogens with one attached hydrogen (secondary N) is 1. The van der Waals surface area contributed by atoms with Crippen LogP contribution in [-0.4, -0.2) is 80.0 Å². The molecule has 1 amide bonds. The van der Waals surface area contributed by atoms with E-state index in [0.717, 1.165) is 24.2 Å². The van der Waals surface area contributed by atoms with Crippen molar-refractivity contribution in [2.24, 2.45) is 0 Å². The summed E-state index contributed by atoms with van der Waals surface area (Å²) in [5.41, 5.74) is 2.18. The summed E-state index contributed by atoms with van der Waals surface area (Å²) in [6.45, 7) is 7.27. The maximum atomic E-state index is 12.9. The quantitative estimate of drug-likeness (QED) is 0.798. The highest BCUT2D eigenvalue weighted by Gasteiger charge is 2.32. The summed E-state index contributed by atoms with van der Waals surface area (Å²) in [5.74, 6) is -0.128. The molecule has 3 heterocycles. The number of likely N-dealkylation sites (N-methyl/N-ethyl adjacent to an activating group) is 1. The predicted octanol–water partition coefficient (Wildman–Crippen LogP) is 1.54. The molecule has 2 aliphatic rings. The number of morpholine rings is 2. The first-order valence-corrected chi connectivity index (χ1v) is 10.7. The largest absolute Gasteiger partial charge is 0.371 e. The number of amides is 1. The lowest BCUT2D eigenvalue weighted by atomic mass is 10.1. The minimum atomic E-state index is -0.579. The summed E-state index contributed by atoms with van der Waals surface area (Å²) < 4.78 is 11.9. The third-order valence-electron chi connectivity index (χ3n) is 5.77. The van der Waals surface area contributed by atoms with E-state index >= 15 is 0 Å². The Morgan fingerprint density at radius 2 is 2.00 bits per heavy atom. The zero-order valence-corrected chi connectivity index (χ0v) is 18.2. The molecule has 1 N–H and O–H groups in total. The van der Waals surface area contributed by atoms with Crippen molar-refractivity contribution in [1.82, 2.24) is 15.2 Å². The van der Waals surface area contributed by atoms with Crippen LogP contribution >= 0.6 is 0 Å². The number of carbonyl (C=O) groups excluding carboxylic acids is 1. The van der Waals surface area contributed by atoms with Crippen LogP contribution in [0.25, 0.3) is 10.9 Å². The number of pyridine rings is 1. The normalized spacial score (nSPS) is 27.1. The molecule has 2 aromatic rings. The van der Waals surface area contributed by atoms with Crippen LogP contribution in [0.1, 0.15) is 19.4 Å². The molecular weight excluding hydrogens is 394 g/mol. The molecule has 0 aliphatic carbocycles. The number of aromatic nitrogens is 1. The van der Waals surface area contributed by atoms with Crippen LogP contribution in [0, 0.1) is 11.3 Å². The Morgan fingerprint density at radius 1 is 1.19 bits per heavy atom. The van der Waals surface area contributed by atoms with E-state index in [4.69, 9.17) is 9.47 Å². The maximum absolute atomic E-state index is 12.9. The molecule has 0 bridgehead atoms. The van der Waals surface area contributed by atoms with Crippen molar-refractivity contribution in [3.63, 3.8) is 0 Å². The van der Waals surface area contributed by atoms with Crippen LogP contribution in [0.5, 0.6) is 0 Å². The SMILES string of the molecule is C[C@@H]1CN(C)C[C@H](CNC(=O)[C@H]2CN(c3ccc(C#N)c4ncccc34)C[C@@H](C)O2)O1. The number of nitriles is 1. The molecule has 2 fully saturated rings. The summed E-state index contributed by atoms with van der Waals surface area (Å²) in [4.78, 5) is 21.7. The molecule has 8 nitrogen and oxygen atoms in total. The van der Waals surface area contributed by atoms with Gasteiger partial charge in [0, 0.05) is 43.4 Å². The van der Waals surface area contributed by atoms with E-state index < -0.39 is 6.10 Å². The van der Waals surface area contributed by atoms with Crippen LogP contribution in [0.2, 0.25) is 0 Å². The number of fused-ring (bicyclic) bond motifs is 1. The molecule has 0 saturated carbocycles. The van der Waals surface area contributed by atoms with Gasteiger partial charge in [-0.15, -0.1) is 0 Å². The van der Waals surface area contributed by atoms with E-state index in [2.05, 4.69) is 33.2 Å². The molecule has 1 aromatic carbocycles. The predicted molar refractivity (Wildman–Crippen MR) is 118 cm³/mol. The lowest BCUT2D eigenvalue weighted by Gasteiger charge is -2.38. The van der Waals surface area contributed by atoms with Crippen molar-refractivity contribution in [1.29, 1.82) is 5.26 Å². The molecule has 4 atom stereocenters. The van der Waals surface area contributed by atoms with Crippen molar-refractivity contribution >= 4 is 22.5 Å². The Hall–Kier alpha value is -2.73. The first kappa shape index (κ1) is 21.5. The second-order valence-corrected chi connectivity index (χ2v) is 8.52. The minimum absolute atomic E-state index is 0.0247. The fourth-order valence-corrected chi connectivity index (χ4v) is 4.53. The van der Waals surface area contributed by atoms with Gasteiger partial charge in [0.1, 0.15) is 6.07 Å². The van der Waals surface area contributed by atoms with Gasteiger partial charge in [0.15, 0.2) is 6.10 Å². The van der Waals surface area contributed by atoms with Crippen molar-refractivity contribution in [2.75, 3.05) is 44.7 Å². The monoisotopic (exact) mass is 423 g/mol. The van der Waals surface area contributed by atoms with E-state index in [1.54, 1.807) is 12.3 Å². The first-order chi connectivity index (χ1) is 14.9. The Morgan fingerprint density at radius 3 is 2.77 bits per heavy atom. The summed E-state index contributed by atoms with van der Waals surface area (Å²) in [6.07, 6.45) is 1.13. The number of hydrogen-bond donors (Lipinski definition) is 1. The molecule has 2 saturated heterocycles. The van der Waals surface area contributed by atoms with Gasteiger partial charge in [0.2, 0.25) is 0 Å². The fourth-order valence-electron chi connectivity index (χ4n) is 4.53. The number of carbonyl (C=O) groups is 1. The second-order valence-electron chi connectivity index (χ2n) is 8.52. The van der Waals surface area contributed by atoms with Crippen molar-refractivity contribution in [3.05, 3.63) is 36.0 Å². The van der Waals surface area contributed by atoms with Gasteiger partial charge in [0.25, 0.3) is 5.91 Å². The summed E-state index contributed by atoms with van der Waals surface area (Å²) >= 11 is 0. The Kier molecular flexibility index (Phi) is 6.37. The number of benzene rings is 1. The van der Waals surface area contributed by atoms with E-state index in [0.29, 0.717) is 30.7 Å². The maximum Gasteiger partial charge on any atom is 0.251 e. The van der Waals surface area contributed by atoms with E-state index in [9.17, 15) is 10.1 Å². The first-order valence-electron chi connectivity index (χ1n) is 10.7. The van der Waals surface area contributed by atoms with Crippen LogP contribution in [-0.2, 0) is 14.3 Å². The fraction of sp³-hybridized carbons (Fsp3) is 0.522. The molecule has 0 radical (unpaired) electrons. The van der Waals surface area contributed by atoms with Gasteiger partial charge in [-0.2, -0.15) is 5.26 Å². The lowest BCUT2D eigenvalue weighted by Crippen LogP contribution is -2.55. The van der Waals surface area contributed by atoms with Crippen LogP contribution in [0.4, 0.5) is 5.69 Å². The highest BCUT2D eigenvalue weighted by atomic mass is 16.5. The molecule has 4 rings (SSSR count). The van der Waals surface area contributed by atoms with Gasteiger partial charge < -0.3 is 24.6 Å². The third kappa shape index (κ3) is 4.79. The number of ether oxygens (including phenoxy) is 2. The van der Waals surface area contributed by atoms with Gasteiger partial charge >= 0.3 is 0 Å².